The van der Waals surface area contributed by atoms with Gasteiger partial charge >= 0.3 is 6.18 Å². The van der Waals surface area contributed by atoms with Crippen LogP contribution in [0.15, 0.2) is 23.3 Å². The Bertz CT molecular complexity index is 580. The molecule has 5 nitrogen and oxygen atoms in total. The molecule has 8 heteroatoms. The fourth-order valence-electron chi connectivity index (χ4n) is 1.27. The number of ether oxygens (including phenoxy) is 1. The number of nitriles is 2. The zero-order valence-corrected chi connectivity index (χ0v) is 10.3. The SMILES string of the molecule is CCOc1ccc(C(F)(F)F)cc1NN=C(C#N)C#N. The van der Waals surface area contributed by atoms with Crippen LogP contribution in [0.5, 0.6) is 5.75 Å². The van der Waals surface area contributed by atoms with E-state index >= 15 is 0 Å². The fourth-order valence-corrected chi connectivity index (χ4v) is 1.27. The van der Waals surface area contributed by atoms with Gasteiger partial charge in [-0.25, -0.2) is 0 Å². The molecule has 0 aliphatic heterocycles. The minimum Gasteiger partial charge on any atom is -0.492 e. The molecule has 0 heterocycles. The molecule has 0 aliphatic rings. The molecule has 0 spiro atoms. The lowest BCUT2D eigenvalue weighted by atomic mass is 10.2. The van der Waals surface area contributed by atoms with Gasteiger partial charge in [0.15, 0.2) is 0 Å². The van der Waals surface area contributed by atoms with E-state index in [1.165, 1.54) is 12.1 Å². The van der Waals surface area contributed by atoms with E-state index < -0.39 is 17.5 Å². The van der Waals surface area contributed by atoms with Crippen molar-refractivity contribution in [3.8, 4) is 17.9 Å². The lowest BCUT2D eigenvalue weighted by Gasteiger charge is -2.13. The molecule has 20 heavy (non-hydrogen) atoms. The van der Waals surface area contributed by atoms with Gasteiger partial charge in [-0.05, 0) is 25.1 Å². The molecule has 0 aromatic heterocycles. The van der Waals surface area contributed by atoms with Crippen LogP contribution in [0.25, 0.3) is 0 Å². The third-order valence-corrected chi connectivity index (χ3v) is 2.11. The van der Waals surface area contributed by atoms with E-state index in [0.29, 0.717) is 0 Å². The Morgan fingerprint density at radius 2 is 2.00 bits per heavy atom. The number of alkyl halides is 3. The molecule has 0 atom stereocenters. The number of nitrogens with zero attached hydrogens (tertiary/aromatic N) is 3. The molecule has 104 valence electrons. The number of hydrogen-bond donors (Lipinski definition) is 1. The Kier molecular flexibility index (Phi) is 4.93. The number of nitrogens with one attached hydrogen (secondary N) is 1. The van der Waals surface area contributed by atoms with Gasteiger partial charge in [0.2, 0.25) is 5.71 Å². The summed E-state index contributed by atoms with van der Waals surface area (Å²) in [6.45, 7) is 1.91. The van der Waals surface area contributed by atoms with Crippen LogP contribution in [0.3, 0.4) is 0 Å². The predicted molar refractivity (Wildman–Crippen MR) is 64.9 cm³/mol. The van der Waals surface area contributed by atoms with Gasteiger partial charge < -0.3 is 4.74 Å². The van der Waals surface area contributed by atoms with E-state index in [4.69, 9.17) is 15.3 Å². The summed E-state index contributed by atoms with van der Waals surface area (Å²) in [6.07, 6.45) is -4.52. The van der Waals surface area contributed by atoms with E-state index in [0.717, 1.165) is 18.2 Å². The van der Waals surface area contributed by atoms with Gasteiger partial charge in [-0.15, -0.1) is 0 Å². The van der Waals surface area contributed by atoms with Gasteiger partial charge in [0.1, 0.15) is 17.9 Å². The molecule has 1 N–H and O–H groups in total. The minimum absolute atomic E-state index is 0.0790. The third-order valence-electron chi connectivity index (χ3n) is 2.11. The van der Waals surface area contributed by atoms with Gasteiger partial charge in [-0.1, -0.05) is 0 Å². The van der Waals surface area contributed by atoms with E-state index in [2.05, 4.69) is 10.5 Å². The number of rotatable bonds is 4. The summed E-state index contributed by atoms with van der Waals surface area (Å²) >= 11 is 0. The molecule has 0 radical (unpaired) electrons. The lowest BCUT2D eigenvalue weighted by molar-refractivity contribution is -0.137. The highest BCUT2D eigenvalue weighted by molar-refractivity contribution is 6.10. The molecule has 1 aromatic rings. The Hall–Kier alpha value is -2.74. The average Bonchev–Trinajstić information content (AvgIpc) is 2.40. The first-order chi connectivity index (χ1) is 9.42. The molecule has 1 rings (SSSR count). The monoisotopic (exact) mass is 282 g/mol. The van der Waals surface area contributed by atoms with Crippen molar-refractivity contribution in [3.05, 3.63) is 23.8 Å². The second-order valence-electron chi connectivity index (χ2n) is 3.44. The molecule has 0 amide bonds. The number of halogens is 3. The molecule has 0 saturated carbocycles. The topological polar surface area (TPSA) is 81.2 Å². The summed E-state index contributed by atoms with van der Waals surface area (Å²) in [5.41, 5.74) is 0.748. The number of benzene rings is 1. The van der Waals surface area contributed by atoms with Crippen molar-refractivity contribution in [3.63, 3.8) is 0 Å². The largest absolute Gasteiger partial charge is 0.492 e. The first-order valence-electron chi connectivity index (χ1n) is 5.40. The first-order valence-corrected chi connectivity index (χ1v) is 5.40. The summed E-state index contributed by atoms with van der Waals surface area (Å²) in [5.74, 6) is 0.138. The first kappa shape index (κ1) is 15.3. The van der Waals surface area contributed by atoms with Crippen LogP contribution in [0.2, 0.25) is 0 Å². The van der Waals surface area contributed by atoms with Crippen LogP contribution in [0, 0.1) is 22.7 Å². The standard InChI is InChI=1S/C12H9F3N4O/c1-2-20-11-4-3-8(12(13,14)15)5-10(11)19-18-9(6-16)7-17/h3-5,19H,2H2,1H3. The summed E-state index contributed by atoms with van der Waals surface area (Å²) in [5, 5.41) is 20.4. The predicted octanol–water partition coefficient (Wildman–Crippen LogP) is 2.92. The van der Waals surface area contributed by atoms with Crippen molar-refractivity contribution in [2.75, 3.05) is 12.0 Å². The third kappa shape index (κ3) is 3.89. The minimum atomic E-state index is -4.52. The maximum absolute atomic E-state index is 12.6. The highest BCUT2D eigenvalue weighted by atomic mass is 19.4. The number of anilines is 1. The second kappa shape index (κ2) is 6.43. The zero-order valence-electron chi connectivity index (χ0n) is 10.3. The molecule has 1 aromatic carbocycles. The molecule has 0 saturated heterocycles. The van der Waals surface area contributed by atoms with Crippen LogP contribution in [-0.2, 0) is 6.18 Å². The van der Waals surface area contributed by atoms with Crippen molar-refractivity contribution in [2.24, 2.45) is 5.10 Å². The highest BCUT2D eigenvalue weighted by Crippen LogP contribution is 2.35. The molecular weight excluding hydrogens is 273 g/mol. The van der Waals surface area contributed by atoms with Gasteiger partial charge in [0.05, 0.1) is 17.9 Å². The molecule has 0 unspecified atom stereocenters. The van der Waals surface area contributed by atoms with Crippen molar-refractivity contribution in [1.82, 2.24) is 0 Å². The van der Waals surface area contributed by atoms with Gasteiger partial charge in [0.25, 0.3) is 0 Å². The summed E-state index contributed by atoms with van der Waals surface area (Å²) < 4.78 is 43.0. The number of hydrazone groups is 1. The smallest absolute Gasteiger partial charge is 0.416 e. The summed E-state index contributed by atoms with van der Waals surface area (Å²) in [6, 6.07) is 5.77. The van der Waals surface area contributed by atoms with E-state index in [1.54, 1.807) is 6.92 Å². The molecule has 0 bridgehead atoms. The van der Waals surface area contributed by atoms with Crippen molar-refractivity contribution >= 4 is 11.4 Å². The Balaban J connectivity index is 3.17. The van der Waals surface area contributed by atoms with Crippen molar-refractivity contribution in [2.45, 2.75) is 13.1 Å². The normalized spacial score (nSPS) is 10.1. The van der Waals surface area contributed by atoms with Crippen LogP contribution >= 0.6 is 0 Å². The Morgan fingerprint density at radius 1 is 1.35 bits per heavy atom. The van der Waals surface area contributed by atoms with Gasteiger partial charge in [-0.3, -0.25) is 5.43 Å². The molecule has 0 fully saturated rings. The van der Waals surface area contributed by atoms with Gasteiger partial charge in [-0.2, -0.15) is 28.8 Å². The van der Waals surface area contributed by atoms with Crippen LogP contribution in [0.1, 0.15) is 12.5 Å². The maximum Gasteiger partial charge on any atom is 0.416 e. The summed E-state index contributed by atoms with van der Waals surface area (Å²) in [7, 11) is 0. The van der Waals surface area contributed by atoms with E-state index in [9.17, 15) is 13.2 Å². The number of hydrogen-bond acceptors (Lipinski definition) is 5. The Labute approximate surface area is 112 Å². The van der Waals surface area contributed by atoms with Crippen molar-refractivity contribution < 1.29 is 17.9 Å². The highest BCUT2D eigenvalue weighted by Gasteiger charge is 2.31. The quantitative estimate of drug-likeness (QED) is 0.680. The second-order valence-corrected chi connectivity index (χ2v) is 3.44. The van der Waals surface area contributed by atoms with Gasteiger partial charge in [0, 0.05) is 0 Å². The zero-order chi connectivity index (χ0) is 15.2. The fraction of sp³-hybridized carbons (Fsp3) is 0.250. The van der Waals surface area contributed by atoms with E-state index in [1.807, 2.05) is 0 Å². The molecular formula is C12H9F3N4O. The Morgan fingerprint density at radius 3 is 2.50 bits per heavy atom. The molecule has 0 aliphatic carbocycles. The lowest BCUT2D eigenvalue weighted by Crippen LogP contribution is -2.07. The van der Waals surface area contributed by atoms with Crippen LogP contribution in [-0.4, -0.2) is 12.3 Å². The summed E-state index contributed by atoms with van der Waals surface area (Å²) in [4.78, 5) is 0. The average molecular weight is 282 g/mol. The maximum atomic E-state index is 12.6. The van der Waals surface area contributed by atoms with E-state index in [-0.39, 0.29) is 18.0 Å². The van der Waals surface area contributed by atoms with Crippen LogP contribution < -0.4 is 10.2 Å². The van der Waals surface area contributed by atoms with Crippen molar-refractivity contribution in [1.29, 1.82) is 10.5 Å². The van der Waals surface area contributed by atoms with Crippen LogP contribution in [0.4, 0.5) is 18.9 Å².